The van der Waals surface area contributed by atoms with Crippen LogP contribution in [0.4, 0.5) is 34.1 Å². The van der Waals surface area contributed by atoms with Crippen LogP contribution in [0.5, 0.6) is 23.3 Å². The van der Waals surface area contributed by atoms with Gasteiger partial charge in [0.2, 0.25) is 11.8 Å². The maximum Gasteiger partial charge on any atom is 0.271 e. The van der Waals surface area contributed by atoms with E-state index in [1.807, 2.05) is 6.07 Å². The second-order valence-corrected chi connectivity index (χ2v) is 10.7. The molecule has 0 aliphatic rings. The molecule has 2 aromatic heterocycles. The average Bonchev–Trinajstić information content (AvgIpc) is 3.14. The molecule has 0 unspecified atom stereocenters. The van der Waals surface area contributed by atoms with Gasteiger partial charge in [-0.05, 0) is 32.9 Å². The normalized spacial score (nSPS) is 10.7. The number of azo groups is 2. The maximum absolute atomic E-state index is 12.5. The van der Waals surface area contributed by atoms with Gasteiger partial charge >= 0.3 is 0 Å². The van der Waals surface area contributed by atoms with Gasteiger partial charge in [-0.25, -0.2) is 0 Å². The van der Waals surface area contributed by atoms with E-state index in [9.17, 15) is 55.7 Å². The van der Waals surface area contributed by atoms with Gasteiger partial charge in [-0.3, -0.25) is 39.0 Å². The standard InChI is InChI=1S/C18H17N5O5.C16H13N5O5.Co/c1-4-5-8-22-17(25)13(10-19)11(2)16(18(22)28-3)21-20-14-9-12(23(26)27)6-7-15(14)24;1-3-6-20-15(23)11(8-17)9(2)14(16(20)24)19-18-12-7-10(21(25)26)4-5-13(12)22;/h4-7,9,24H,8H2,1-3H3;3-5,7,22,24H,1,6H2,2H3;/b5-4+,21-20?;;. The molecule has 0 aliphatic heterocycles. The van der Waals surface area contributed by atoms with Crippen LogP contribution in [0, 0.1) is 56.7 Å². The third-order valence-electron chi connectivity index (χ3n) is 7.40. The number of pyridine rings is 2. The smallest absolute Gasteiger partial charge is 0.271 e. The van der Waals surface area contributed by atoms with Gasteiger partial charge in [0.25, 0.3) is 22.5 Å². The molecule has 0 bridgehead atoms. The molecule has 4 rings (SSSR count). The molecule has 20 nitrogen and oxygen atoms in total. The summed E-state index contributed by atoms with van der Waals surface area (Å²) >= 11 is 0. The summed E-state index contributed by atoms with van der Waals surface area (Å²) in [5.74, 6) is -1.14. The number of methoxy groups -OCH3 is 1. The molecule has 0 fully saturated rings. The molecule has 0 atom stereocenters. The van der Waals surface area contributed by atoms with Crippen LogP contribution in [0.1, 0.15) is 29.2 Å². The van der Waals surface area contributed by atoms with E-state index >= 15 is 0 Å². The van der Waals surface area contributed by atoms with E-state index in [2.05, 4.69) is 27.0 Å². The van der Waals surface area contributed by atoms with Crippen molar-refractivity contribution in [2.45, 2.75) is 33.9 Å². The Labute approximate surface area is 321 Å². The summed E-state index contributed by atoms with van der Waals surface area (Å²) in [4.78, 5) is 45.1. The van der Waals surface area contributed by atoms with Crippen molar-refractivity contribution in [3.8, 4) is 35.4 Å². The Bertz CT molecular complexity index is 2460. The predicted octanol–water partition coefficient (Wildman–Crippen LogP) is 6.59. The number of hydrogen-bond donors (Lipinski definition) is 3. The topological polar surface area (TPSA) is 297 Å². The SMILES string of the molecule is C/C=C/Cn1c(OC)c(N=Nc2cc([N+](=O)[O-])ccc2O)c(C)c(C#N)c1=O.C=CCn1c(O)c(N=Nc2cc([N+](=O)[O-])ccc2O)c(C)c(C#N)c1=O.[Co]. The van der Waals surface area contributed by atoms with E-state index in [1.54, 1.807) is 25.1 Å². The Morgan fingerprint density at radius 2 is 1.27 bits per heavy atom. The fourth-order valence-corrected chi connectivity index (χ4v) is 4.60. The van der Waals surface area contributed by atoms with Gasteiger partial charge in [0.15, 0.2) is 11.4 Å². The van der Waals surface area contributed by atoms with Gasteiger partial charge in [-0.2, -0.15) is 10.5 Å². The molecule has 0 aliphatic carbocycles. The molecule has 0 saturated carbocycles. The Balaban J connectivity index is 0.000000374. The number of phenols is 2. The van der Waals surface area contributed by atoms with Crippen molar-refractivity contribution in [3.63, 3.8) is 0 Å². The van der Waals surface area contributed by atoms with Crippen LogP contribution in [-0.2, 0) is 29.9 Å². The Morgan fingerprint density at radius 3 is 1.69 bits per heavy atom. The molecule has 4 aromatic rings. The zero-order chi connectivity index (χ0) is 40.3. The van der Waals surface area contributed by atoms with E-state index in [0.717, 1.165) is 41.0 Å². The Morgan fingerprint density at radius 1 is 0.818 bits per heavy atom. The van der Waals surface area contributed by atoms with E-state index in [0.29, 0.717) is 0 Å². The number of hydrogen-bond acceptors (Lipinski definition) is 16. The zero-order valence-electron chi connectivity index (χ0n) is 29.3. The minimum Gasteiger partial charge on any atom is -0.506 e. The van der Waals surface area contributed by atoms with Crippen molar-refractivity contribution >= 4 is 34.1 Å². The molecule has 55 heavy (non-hydrogen) atoms. The molecule has 285 valence electrons. The molecule has 0 amide bonds. The number of aromatic hydroxyl groups is 3. The van der Waals surface area contributed by atoms with Gasteiger partial charge in [-0.15, -0.1) is 27.0 Å². The van der Waals surface area contributed by atoms with Gasteiger partial charge in [0.05, 0.1) is 17.0 Å². The van der Waals surface area contributed by atoms with Crippen LogP contribution < -0.4 is 15.9 Å². The molecule has 0 saturated heterocycles. The van der Waals surface area contributed by atoms with E-state index in [4.69, 9.17) is 4.74 Å². The quantitative estimate of drug-likeness (QED) is 0.0627. The van der Waals surface area contributed by atoms with Crippen LogP contribution in [0.3, 0.4) is 0 Å². The number of non-ortho nitro benzene ring substituents is 2. The number of phenolic OH excluding ortho intramolecular Hbond substituents is 2. The van der Waals surface area contributed by atoms with Crippen molar-refractivity contribution < 1.29 is 46.7 Å². The maximum atomic E-state index is 12.5. The van der Waals surface area contributed by atoms with E-state index in [1.165, 1.54) is 31.6 Å². The summed E-state index contributed by atoms with van der Waals surface area (Å²) < 4.78 is 7.43. The molecule has 2 heterocycles. The summed E-state index contributed by atoms with van der Waals surface area (Å²) in [5, 5.41) is 85.5. The van der Waals surface area contributed by atoms with E-state index < -0.39 is 26.8 Å². The third-order valence-corrected chi connectivity index (χ3v) is 7.40. The molecular formula is C34H30CoN10O10. The fraction of sp³-hybridized carbons (Fsp3) is 0.176. The number of benzene rings is 2. The van der Waals surface area contributed by atoms with Gasteiger partial charge in [0.1, 0.15) is 46.1 Å². The van der Waals surface area contributed by atoms with Crippen LogP contribution in [0.15, 0.2) is 91.3 Å². The fourth-order valence-electron chi connectivity index (χ4n) is 4.60. The molecule has 2 aromatic carbocycles. The minimum absolute atomic E-state index is 0. The first-order valence-corrected chi connectivity index (χ1v) is 15.2. The van der Waals surface area contributed by atoms with Gasteiger partial charge in [0, 0.05) is 65.3 Å². The predicted molar refractivity (Wildman–Crippen MR) is 191 cm³/mol. The zero-order valence-corrected chi connectivity index (χ0v) is 30.4. The molecule has 1 radical (unpaired) electrons. The molecule has 21 heteroatoms. The van der Waals surface area contributed by atoms with Crippen molar-refractivity contribution in [1.29, 1.82) is 10.5 Å². The Hall–Kier alpha value is -7.49. The van der Waals surface area contributed by atoms with Crippen molar-refractivity contribution in [1.82, 2.24) is 9.13 Å². The van der Waals surface area contributed by atoms with Crippen LogP contribution in [0.25, 0.3) is 0 Å². The first-order valence-electron chi connectivity index (χ1n) is 15.2. The van der Waals surface area contributed by atoms with Crippen molar-refractivity contribution in [3.05, 3.63) is 124 Å². The van der Waals surface area contributed by atoms with Crippen molar-refractivity contribution in [2.24, 2.45) is 20.5 Å². The van der Waals surface area contributed by atoms with E-state index in [-0.39, 0.29) is 104 Å². The molecular weight excluding hydrogens is 767 g/mol. The average molecular weight is 798 g/mol. The first-order chi connectivity index (χ1) is 25.7. The number of nitrogens with zero attached hydrogens (tertiary/aromatic N) is 10. The number of ether oxygens (including phenoxy) is 1. The first kappa shape index (κ1) is 43.7. The van der Waals surface area contributed by atoms with Gasteiger partial charge < -0.3 is 20.1 Å². The number of nitro benzene ring substituents is 2. The summed E-state index contributed by atoms with van der Waals surface area (Å²) in [7, 11) is 1.34. The third kappa shape index (κ3) is 9.69. The number of nitro groups is 2. The molecule has 3 N–H and O–H groups in total. The van der Waals surface area contributed by atoms with Gasteiger partial charge in [-0.1, -0.05) is 18.2 Å². The number of nitriles is 2. The van der Waals surface area contributed by atoms with Crippen LogP contribution in [0.2, 0.25) is 0 Å². The Kier molecular flexibility index (Phi) is 15.4. The summed E-state index contributed by atoms with van der Waals surface area (Å²) in [6.45, 7) is 8.26. The minimum atomic E-state index is -0.709. The second kappa shape index (κ2) is 19.4. The summed E-state index contributed by atoms with van der Waals surface area (Å²) in [6, 6.07) is 10.1. The summed E-state index contributed by atoms with van der Waals surface area (Å²) in [6.07, 6.45) is 4.79. The second-order valence-electron chi connectivity index (χ2n) is 10.7. The monoisotopic (exact) mass is 797 g/mol. The largest absolute Gasteiger partial charge is 0.506 e. The van der Waals surface area contributed by atoms with Crippen LogP contribution in [-0.4, -0.2) is 41.4 Å². The number of rotatable bonds is 11. The van der Waals surface area contributed by atoms with Crippen molar-refractivity contribution in [2.75, 3.05) is 7.11 Å². The van der Waals surface area contributed by atoms with Crippen LogP contribution >= 0.6 is 0 Å². The summed E-state index contributed by atoms with van der Waals surface area (Å²) in [5.41, 5.74) is -2.27. The number of allylic oxidation sites excluding steroid dienone is 3. The number of aromatic nitrogens is 2. The molecule has 0 spiro atoms.